The lowest BCUT2D eigenvalue weighted by Crippen LogP contribution is -2.50. The van der Waals surface area contributed by atoms with Gasteiger partial charge in [-0.25, -0.2) is 22.5 Å². The number of carbonyl (C=O) groups excluding carboxylic acids is 2. The van der Waals surface area contributed by atoms with E-state index < -0.39 is 42.2 Å². The van der Waals surface area contributed by atoms with Crippen molar-refractivity contribution in [3.63, 3.8) is 0 Å². The molecule has 7 heterocycles. The van der Waals surface area contributed by atoms with Gasteiger partial charge < -0.3 is 35.2 Å². The molecule has 10 rings (SSSR count). The minimum Gasteiger partial charge on any atom is -0.485 e. The number of hydrogen-bond acceptors (Lipinski definition) is 12. The highest BCUT2D eigenvalue weighted by atomic mass is 19.3. The summed E-state index contributed by atoms with van der Waals surface area (Å²) in [6.07, 6.45) is 4.20. The first kappa shape index (κ1) is 40.6. The van der Waals surface area contributed by atoms with Gasteiger partial charge in [0.25, 0.3) is 0 Å². The van der Waals surface area contributed by atoms with Crippen molar-refractivity contribution in [3.05, 3.63) is 71.0 Å². The number of nitrogens with zero attached hydrogens (tertiary/aromatic N) is 7. The fraction of sp³-hybridized carbons (Fsp3) is 0.523. The Morgan fingerprint density at radius 1 is 0.984 bits per heavy atom. The molecular formula is C44H50F4N10O4. The third-order valence-electron chi connectivity index (χ3n) is 13.7. The van der Waals surface area contributed by atoms with Crippen LogP contribution in [0.5, 0.6) is 0 Å². The highest BCUT2D eigenvalue weighted by Gasteiger charge is 2.52. The van der Waals surface area contributed by atoms with E-state index in [0.717, 1.165) is 43.0 Å². The van der Waals surface area contributed by atoms with Crippen molar-refractivity contribution in [2.24, 2.45) is 13.0 Å². The zero-order valence-electron chi connectivity index (χ0n) is 34.6. The lowest BCUT2D eigenvalue weighted by Gasteiger charge is -2.41. The van der Waals surface area contributed by atoms with Crippen molar-refractivity contribution in [2.75, 3.05) is 61.5 Å². The number of amides is 2. The molecule has 14 nitrogen and oxygen atoms in total. The number of carbonyl (C=O) groups is 2. The first-order valence-corrected chi connectivity index (χ1v) is 21.6. The molecule has 6 aliphatic rings. The number of alkyl halides is 3. The number of aliphatic hydroxyl groups is 1. The number of hydrogen-bond donors (Lipinski definition) is 4. The maximum atomic E-state index is 16.5. The summed E-state index contributed by atoms with van der Waals surface area (Å²) in [4.78, 5) is 38.6. The van der Waals surface area contributed by atoms with E-state index in [1.165, 1.54) is 10.5 Å². The summed E-state index contributed by atoms with van der Waals surface area (Å²) in [5, 5.41) is 25.1. The molecule has 5 aliphatic heterocycles. The van der Waals surface area contributed by atoms with Crippen LogP contribution in [0.3, 0.4) is 0 Å². The monoisotopic (exact) mass is 858 g/mol. The van der Waals surface area contributed by atoms with Gasteiger partial charge in [0.2, 0.25) is 17.8 Å². The van der Waals surface area contributed by atoms with Crippen LogP contribution in [0.25, 0.3) is 16.6 Å². The number of benzene rings is 2. The molecule has 0 bridgehead atoms. The Labute approximate surface area is 355 Å². The Hall–Kier alpha value is -5.49. The smallest absolute Gasteiger partial charge is 0.301 e. The molecular weight excluding hydrogens is 809 g/mol. The summed E-state index contributed by atoms with van der Waals surface area (Å²) in [5.74, 6) is -4.56. The molecule has 1 saturated carbocycles. The molecule has 4 aromatic rings. The standard InChI is InChI=1S/C44H50F4N10O4/c1-55-32-9-6-27(20-30(32)36-37(41(55)61)62-23-44(47,48)38(52-36)25-3-4-25)50-39-31(45)21-49-42(53-39)58-17-13-43(46,14-18-58)22-57-15-11-24(12-16-57)26-5-7-28-33(19-26)56(2)54-35(28)29-8-10-34(59)51-40(29)60/h5-7,9,19-21,24-25,29,38,41,52,61H,3-4,8,10-18,22-23H2,1-2H3,(H,49,50,53)(H,51,59,60)/t29?,38-,41?/m0/s1. The van der Waals surface area contributed by atoms with Gasteiger partial charge in [-0.05, 0) is 86.9 Å². The number of halogens is 4. The molecule has 2 amide bonds. The average molecular weight is 859 g/mol. The lowest BCUT2D eigenvalue weighted by molar-refractivity contribution is -0.134. The maximum absolute atomic E-state index is 16.5. The Kier molecular flexibility index (Phi) is 10.1. The number of imide groups is 1. The molecule has 4 N–H and O–H groups in total. The van der Waals surface area contributed by atoms with Crippen molar-refractivity contribution < 1.29 is 37.0 Å². The van der Waals surface area contributed by atoms with Crippen molar-refractivity contribution in [1.29, 1.82) is 0 Å². The minimum absolute atomic E-state index is 0.0116. The van der Waals surface area contributed by atoms with Gasteiger partial charge >= 0.3 is 5.92 Å². The van der Waals surface area contributed by atoms with Crippen LogP contribution in [0.15, 0.2) is 48.4 Å². The predicted octanol–water partition coefficient (Wildman–Crippen LogP) is 5.42. The number of aliphatic hydroxyl groups excluding tert-OH is 1. The van der Waals surface area contributed by atoms with Gasteiger partial charge in [-0.15, -0.1) is 0 Å². The van der Waals surface area contributed by atoms with Crippen LogP contribution in [0, 0.1) is 11.7 Å². The first-order valence-electron chi connectivity index (χ1n) is 21.6. The number of aryl methyl sites for hydroxylation is 1. The second kappa shape index (κ2) is 15.4. The van der Waals surface area contributed by atoms with Gasteiger partial charge in [-0.1, -0.05) is 12.1 Å². The molecule has 3 atom stereocenters. The van der Waals surface area contributed by atoms with E-state index in [1.807, 2.05) is 18.0 Å². The Balaban J connectivity index is 0.766. The molecule has 18 heteroatoms. The highest BCUT2D eigenvalue weighted by molar-refractivity contribution is 6.02. The van der Waals surface area contributed by atoms with E-state index in [-0.39, 0.29) is 53.8 Å². The molecule has 0 radical (unpaired) electrons. The fourth-order valence-electron chi connectivity index (χ4n) is 10.00. The molecule has 62 heavy (non-hydrogen) atoms. The van der Waals surface area contributed by atoms with E-state index in [9.17, 15) is 14.7 Å². The molecule has 2 unspecified atom stereocenters. The summed E-state index contributed by atoms with van der Waals surface area (Å²) >= 11 is 0. The molecule has 2 aromatic heterocycles. The third kappa shape index (κ3) is 7.47. The topological polar surface area (TPSA) is 153 Å². The molecule has 2 aromatic carbocycles. The van der Waals surface area contributed by atoms with E-state index in [2.05, 4.69) is 48.0 Å². The van der Waals surface area contributed by atoms with Crippen LogP contribution in [0.4, 0.5) is 40.7 Å². The minimum atomic E-state index is -3.14. The van der Waals surface area contributed by atoms with Crippen LogP contribution in [0.2, 0.25) is 0 Å². The van der Waals surface area contributed by atoms with Crippen molar-refractivity contribution >= 4 is 51.6 Å². The fourth-order valence-corrected chi connectivity index (χ4v) is 10.00. The summed E-state index contributed by atoms with van der Waals surface area (Å²) in [6.45, 7) is 1.70. The number of rotatable bonds is 8. The van der Waals surface area contributed by atoms with Gasteiger partial charge in [0.1, 0.15) is 5.67 Å². The number of piperidine rings is 3. The second-order valence-corrected chi connectivity index (χ2v) is 17.9. The summed E-state index contributed by atoms with van der Waals surface area (Å²) < 4.78 is 69.4. The van der Waals surface area contributed by atoms with Crippen molar-refractivity contribution in [3.8, 4) is 0 Å². The quantitative estimate of drug-likeness (QED) is 0.132. The molecule has 4 fully saturated rings. The maximum Gasteiger partial charge on any atom is 0.301 e. The number of aromatic nitrogens is 4. The summed E-state index contributed by atoms with van der Waals surface area (Å²) in [5.41, 5.74) is 3.25. The van der Waals surface area contributed by atoms with Gasteiger partial charge in [0.15, 0.2) is 30.2 Å². The number of fused-ring (bicyclic) bond motifs is 3. The number of likely N-dealkylation sites (tertiary alicyclic amines) is 1. The van der Waals surface area contributed by atoms with E-state index >= 15 is 17.6 Å². The lowest BCUT2D eigenvalue weighted by atomic mass is 9.86. The molecule has 0 spiro atoms. The van der Waals surface area contributed by atoms with Gasteiger partial charge in [-0.3, -0.25) is 19.6 Å². The van der Waals surface area contributed by atoms with Gasteiger partial charge in [0, 0.05) is 75.3 Å². The Morgan fingerprint density at radius 2 is 1.76 bits per heavy atom. The largest absolute Gasteiger partial charge is 0.485 e. The predicted molar refractivity (Wildman–Crippen MR) is 223 cm³/mol. The Morgan fingerprint density at radius 3 is 2.50 bits per heavy atom. The second-order valence-electron chi connectivity index (χ2n) is 17.9. The molecule has 328 valence electrons. The first-order chi connectivity index (χ1) is 29.7. The van der Waals surface area contributed by atoms with Crippen LogP contribution in [-0.4, -0.2) is 112 Å². The average Bonchev–Trinajstić information content (AvgIpc) is 4.06. The number of ether oxygens (including phenoxy) is 1. The zero-order chi connectivity index (χ0) is 43.1. The summed E-state index contributed by atoms with van der Waals surface area (Å²) in [6, 6.07) is 10.2. The van der Waals surface area contributed by atoms with Crippen molar-refractivity contribution in [2.45, 2.75) is 87.1 Å². The molecule has 3 saturated heterocycles. The van der Waals surface area contributed by atoms with Crippen LogP contribution >= 0.6 is 0 Å². The zero-order valence-corrected chi connectivity index (χ0v) is 34.6. The SMILES string of the molecule is CN1c2ccc(Nc3nc(N4CCC(F)(CN5CCC(c6ccc7c(C8CCC(=O)NC8=O)nn(C)c7c6)CC5)CC4)ncc3F)cc2C2=C(OCC(F)(F)[C@H](C3CC3)N2)C1O. The van der Waals surface area contributed by atoms with E-state index in [1.54, 1.807) is 29.9 Å². The van der Waals surface area contributed by atoms with E-state index in [0.29, 0.717) is 73.9 Å². The Bertz CT molecular complexity index is 2460. The van der Waals surface area contributed by atoms with Gasteiger partial charge in [0.05, 0.1) is 35.1 Å². The third-order valence-corrected chi connectivity index (χ3v) is 13.7. The molecule has 1 aliphatic carbocycles. The van der Waals surface area contributed by atoms with Crippen LogP contribution in [-0.2, 0) is 21.4 Å². The normalized spacial score (nSPS) is 25.4. The summed E-state index contributed by atoms with van der Waals surface area (Å²) in [7, 11) is 3.51. The van der Waals surface area contributed by atoms with Crippen LogP contribution < -0.4 is 25.8 Å². The van der Waals surface area contributed by atoms with Crippen LogP contribution in [0.1, 0.15) is 80.0 Å². The van der Waals surface area contributed by atoms with Crippen molar-refractivity contribution in [1.82, 2.24) is 35.3 Å². The van der Waals surface area contributed by atoms with Gasteiger partial charge in [-0.2, -0.15) is 10.1 Å². The number of nitrogens with one attached hydrogen (secondary N) is 3. The number of anilines is 4. The van der Waals surface area contributed by atoms with E-state index in [4.69, 9.17) is 4.74 Å². The number of likely N-dealkylation sites (N-methyl/N-ethyl adjacent to an activating group) is 1. The highest BCUT2D eigenvalue weighted by Crippen LogP contribution is 2.46.